The van der Waals surface area contributed by atoms with Gasteiger partial charge >= 0.3 is 12.1 Å². The third-order valence-corrected chi connectivity index (χ3v) is 4.95. The Labute approximate surface area is 157 Å². The van der Waals surface area contributed by atoms with Crippen molar-refractivity contribution >= 4 is 17.7 Å². The number of ether oxygens (including phenoxy) is 2. The Morgan fingerprint density at radius 1 is 1.11 bits per heavy atom. The summed E-state index contributed by atoms with van der Waals surface area (Å²) in [6.45, 7) is 6.76. The lowest BCUT2D eigenvalue weighted by Gasteiger charge is -2.25. The van der Waals surface area contributed by atoms with E-state index in [1.165, 1.54) is 24.3 Å². The molecule has 8 heteroatoms. The van der Waals surface area contributed by atoms with Crippen molar-refractivity contribution in [1.29, 1.82) is 0 Å². The molecule has 146 valence electrons. The van der Waals surface area contributed by atoms with Gasteiger partial charge in [0.25, 0.3) is 5.69 Å². The second kappa shape index (κ2) is 7.17. The third kappa shape index (κ3) is 4.56. The van der Waals surface area contributed by atoms with Crippen molar-refractivity contribution in [3.05, 3.63) is 39.9 Å². The lowest BCUT2D eigenvalue weighted by Crippen LogP contribution is -2.36. The first-order valence-electron chi connectivity index (χ1n) is 9.06. The molecule has 8 nitrogen and oxygen atoms in total. The Kier molecular flexibility index (Phi) is 5.08. The normalized spacial score (nSPS) is 24.4. The number of benzene rings is 1. The van der Waals surface area contributed by atoms with Gasteiger partial charge in [-0.3, -0.25) is 10.1 Å². The maximum Gasteiger partial charge on any atom is 0.410 e. The summed E-state index contributed by atoms with van der Waals surface area (Å²) in [7, 11) is 0. The highest BCUT2D eigenvalue weighted by molar-refractivity contribution is 5.89. The van der Waals surface area contributed by atoms with Gasteiger partial charge in [0.15, 0.2) is 0 Å². The van der Waals surface area contributed by atoms with Gasteiger partial charge in [0.1, 0.15) is 11.7 Å². The topological polar surface area (TPSA) is 99.0 Å². The van der Waals surface area contributed by atoms with E-state index in [2.05, 4.69) is 0 Å². The molecule has 0 bridgehead atoms. The van der Waals surface area contributed by atoms with Crippen molar-refractivity contribution in [2.45, 2.75) is 45.3 Å². The number of nitro groups is 1. The molecule has 0 N–H and O–H groups in total. The molecule has 1 aromatic carbocycles. The third-order valence-electron chi connectivity index (χ3n) is 4.95. The number of non-ortho nitro benzene ring substituents is 1. The number of nitro benzene ring substituents is 1. The van der Waals surface area contributed by atoms with Crippen LogP contribution in [0.3, 0.4) is 0 Å². The Balaban J connectivity index is 1.51. The number of likely N-dealkylation sites (tertiary alicyclic amines) is 1. The predicted molar refractivity (Wildman–Crippen MR) is 96.3 cm³/mol. The summed E-state index contributed by atoms with van der Waals surface area (Å²) >= 11 is 0. The molecule has 1 saturated heterocycles. The first-order valence-corrected chi connectivity index (χ1v) is 9.06. The minimum atomic E-state index is -0.516. The van der Waals surface area contributed by atoms with Crippen LogP contribution < -0.4 is 0 Å². The van der Waals surface area contributed by atoms with E-state index in [0.29, 0.717) is 43.3 Å². The molecule has 0 spiro atoms. The van der Waals surface area contributed by atoms with Gasteiger partial charge in [-0.2, -0.15) is 0 Å². The van der Waals surface area contributed by atoms with Crippen LogP contribution in [0.25, 0.3) is 0 Å². The molecule has 27 heavy (non-hydrogen) atoms. The zero-order chi connectivity index (χ0) is 19.8. The SMILES string of the molecule is CC(C)(C)OC(=O)N1CC2CC(OC(=O)c3ccc([N+](=O)[O-])cc3)C[C@@H]2C1. The summed E-state index contributed by atoms with van der Waals surface area (Å²) in [5.41, 5.74) is -0.283. The first-order chi connectivity index (χ1) is 12.6. The quantitative estimate of drug-likeness (QED) is 0.455. The van der Waals surface area contributed by atoms with Gasteiger partial charge in [0.2, 0.25) is 0 Å². The smallest absolute Gasteiger partial charge is 0.410 e. The highest BCUT2D eigenvalue weighted by atomic mass is 16.6. The number of amides is 1. The summed E-state index contributed by atoms with van der Waals surface area (Å²) < 4.78 is 11.0. The van der Waals surface area contributed by atoms with Gasteiger partial charge in [-0.1, -0.05) is 0 Å². The Bertz CT molecular complexity index is 726. The molecule has 0 radical (unpaired) electrons. The minimum Gasteiger partial charge on any atom is -0.459 e. The zero-order valence-corrected chi connectivity index (χ0v) is 15.7. The van der Waals surface area contributed by atoms with Crippen LogP contribution in [0, 0.1) is 22.0 Å². The van der Waals surface area contributed by atoms with E-state index < -0.39 is 16.5 Å². The maximum absolute atomic E-state index is 12.3. The summed E-state index contributed by atoms with van der Waals surface area (Å²) in [6.07, 6.45) is 0.936. The Hall–Kier alpha value is -2.64. The molecular weight excluding hydrogens is 352 g/mol. The van der Waals surface area contributed by atoms with Crippen LogP contribution in [0.2, 0.25) is 0 Å². The molecular formula is C19H24N2O6. The minimum absolute atomic E-state index is 0.0656. The molecule has 1 aliphatic heterocycles. The van der Waals surface area contributed by atoms with E-state index in [1.54, 1.807) is 4.90 Å². The highest BCUT2D eigenvalue weighted by Crippen LogP contribution is 2.40. The molecule has 3 rings (SSSR count). The fraction of sp³-hybridized carbons (Fsp3) is 0.579. The monoisotopic (exact) mass is 376 g/mol. The number of rotatable bonds is 3. The molecule has 3 atom stereocenters. The van der Waals surface area contributed by atoms with Gasteiger partial charge < -0.3 is 14.4 Å². The number of carbonyl (C=O) groups excluding carboxylic acids is 2. The van der Waals surface area contributed by atoms with Crippen LogP contribution >= 0.6 is 0 Å². The number of fused-ring (bicyclic) bond motifs is 1. The Morgan fingerprint density at radius 2 is 1.67 bits per heavy atom. The highest BCUT2D eigenvalue weighted by Gasteiger charge is 2.44. The van der Waals surface area contributed by atoms with Crippen LogP contribution in [-0.2, 0) is 9.47 Å². The van der Waals surface area contributed by atoms with Crippen LogP contribution in [0.5, 0.6) is 0 Å². The average molecular weight is 376 g/mol. The predicted octanol–water partition coefficient (Wildman–Crippen LogP) is 3.40. The van der Waals surface area contributed by atoms with Gasteiger partial charge in [-0.05, 0) is 57.6 Å². The lowest BCUT2D eigenvalue weighted by atomic mass is 10.0. The molecule has 0 aromatic heterocycles. The van der Waals surface area contributed by atoms with Crippen molar-refractivity contribution in [3.8, 4) is 0 Å². The second-order valence-corrected chi connectivity index (χ2v) is 8.21. The summed E-state index contributed by atoms with van der Waals surface area (Å²) in [4.78, 5) is 36.3. The van der Waals surface area contributed by atoms with Crippen molar-refractivity contribution in [3.63, 3.8) is 0 Å². The number of carbonyl (C=O) groups is 2. The zero-order valence-electron chi connectivity index (χ0n) is 15.7. The first kappa shape index (κ1) is 19.1. The standard InChI is InChI=1S/C19H24N2O6/c1-19(2,3)27-18(23)20-10-13-8-16(9-14(13)11-20)26-17(22)12-4-6-15(7-5-12)21(24)25/h4-7,13-14,16H,8-11H2,1-3H3/t13-,14?,16?/m1/s1. The van der Waals surface area contributed by atoms with Gasteiger partial charge in [0.05, 0.1) is 10.5 Å². The van der Waals surface area contributed by atoms with E-state index in [9.17, 15) is 19.7 Å². The summed E-state index contributed by atoms with van der Waals surface area (Å²) in [6, 6.07) is 5.39. The molecule has 1 aliphatic carbocycles. The molecule has 2 aliphatic rings. The molecule has 1 heterocycles. The number of hydrogen-bond acceptors (Lipinski definition) is 6. The summed E-state index contributed by atoms with van der Waals surface area (Å²) in [5.74, 6) is 0.123. The van der Waals surface area contributed by atoms with E-state index in [0.717, 1.165) is 0 Å². The van der Waals surface area contributed by atoms with Crippen molar-refractivity contribution in [1.82, 2.24) is 4.90 Å². The molecule has 2 unspecified atom stereocenters. The number of nitrogens with zero attached hydrogens (tertiary/aromatic N) is 2. The van der Waals surface area contributed by atoms with E-state index in [-0.39, 0.29) is 17.9 Å². The number of esters is 1. The molecule has 1 saturated carbocycles. The van der Waals surface area contributed by atoms with Crippen LogP contribution in [-0.4, -0.2) is 46.7 Å². The van der Waals surface area contributed by atoms with Crippen LogP contribution in [0.1, 0.15) is 44.0 Å². The van der Waals surface area contributed by atoms with E-state index in [4.69, 9.17) is 9.47 Å². The average Bonchev–Trinajstić information content (AvgIpc) is 3.11. The van der Waals surface area contributed by atoms with Gasteiger partial charge in [0, 0.05) is 25.2 Å². The van der Waals surface area contributed by atoms with E-state index in [1.807, 2.05) is 20.8 Å². The van der Waals surface area contributed by atoms with Gasteiger partial charge in [-0.25, -0.2) is 9.59 Å². The van der Waals surface area contributed by atoms with Crippen molar-refractivity contribution in [2.75, 3.05) is 13.1 Å². The fourth-order valence-corrected chi connectivity index (χ4v) is 3.75. The Morgan fingerprint density at radius 3 is 2.15 bits per heavy atom. The second-order valence-electron chi connectivity index (χ2n) is 8.21. The molecule has 2 fully saturated rings. The fourth-order valence-electron chi connectivity index (χ4n) is 3.75. The largest absolute Gasteiger partial charge is 0.459 e. The van der Waals surface area contributed by atoms with Crippen molar-refractivity contribution < 1.29 is 24.0 Å². The lowest BCUT2D eigenvalue weighted by molar-refractivity contribution is -0.384. The van der Waals surface area contributed by atoms with Crippen LogP contribution in [0.4, 0.5) is 10.5 Å². The molecule has 1 amide bonds. The summed E-state index contributed by atoms with van der Waals surface area (Å²) in [5, 5.41) is 10.7. The van der Waals surface area contributed by atoms with Crippen LogP contribution in [0.15, 0.2) is 24.3 Å². The van der Waals surface area contributed by atoms with E-state index >= 15 is 0 Å². The number of hydrogen-bond donors (Lipinski definition) is 0. The molecule has 1 aromatic rings. The van der Waals surface area contributed by atoms with Crippen molar-refractivity contribution in [2.24, 2.45) is 11.8 Å². The maximum atomic E-state index is 12.3. The van der Waals surface area contributed by atoms with Gasteiger partial charge in [-0.15, -0.1) is 0 Å².